The number of aliphatic hydroxyl groups is 1. The topological polar surface area (TPSA) is 70.6 Å². The molecule has 1 fully saturated rings. The van der Waals surface area contributed by atoms with E-state index < -0.39 is 0 Å². The molecule has 0 radical (unpaired) electrons. The van der Waals surface area contributed by atoms with Gasteiger partial charge in [-0.25, -0.2) is 4.79 Å². The van der Waals surface area contributed by atoms with Gasteiger partial charge in [0.2, 0.25) is 0 Å². The zero-order valence-electron chi connectivity index (χ0n) is 12.5. The molecule has 2 rings (SSSR count). The Morgan fingerprint density at radius 3 is 2.57 bits per heavy atom. The molecule has 1 unspecified atom stereocenters. The first-order valence-corrected chi connectivity index (χ1v) is 7.45. The second-order valence-electron chi connectivity index (χ2n) is 5.52. The largest absolute Gasteiger partial charge is 0.392 e. The third kappa shape index (κ3) is 5.36. The van der Waals surface area contributed by atoms with E-state index in [1.807, 2.05) is 24.3 Å². The number of ether oxygens (including phenoxy) is 1. The lowest BCUT2D eigenvalue weighted by molar-refractivity contribution is 0.157. The highest BCUT2D eigenvalue weighted by molar-refractivity contribution is 5.74. The molecule has 1 saturated carbocycles. The maximum Gasteiger partial charge on any atom is 0.315 e. The van der Waals surface area contributed by atoms with Crippen LogP contribution in [0.3, 0.4) is 0 Å². The molecular formula is C16H24N2O3. The van der Waals surface area contributed by atoms with Crippen molar-refractivity contribution in [3.05, 3.63) is 35.4 Å². The highest BCUT2D eigenvalue weighted by Gasteiger charge is 2.32. The van der Waals surface area contributed by atoms with Crippen LogP contribution in [0.2, 0.25) is 0 Å². The van der Waals surface area contributed by atoms with Gasteiger partial charge in [0.15, 0.2) is 0 Å². The van der Waals surface area contributed by atoms with E-state index in [0.29, 0.717) is 19.1 Å². The van der Waals surface area contributed by atoms with Crippen molar-refractivity contribution in [2.24, 2.45) is 5.92 Å². The maximum absolute atomic E-state index is 11.8. The minimum atomic E-state index is -0.129. The summed E-state index contributed by atoms with van der Waals surface area (Å²) in [5.41, 5.74) is 2.04. The average Bonchev–Trinajstić information content (AvgIpc) is 3.32. The lowest BCUT2D eigenvalue weighted by Crippen LogP contribution is -2.45. The molecule has 0 saturated heterocycles. The molecule has 0 spiro atoms. The fourth-order valence-electron chi connectivity index (χ4n) is 2.32. The van der Waals surface area contributed by atoms with Crippen LogP contribution in [0.5, 0.6) is 0 Å². The number of hydrogen-bond acceptors (Lipinski definition) is 3. The van der Waals surface area contributed by atoms with E-state index in [4.69, 9.17) is 9.84 Å². The normalized spacial score (nSPS) is 15.5. The Labute approximate surface area is 125 Å². The van der Waals surface area contributed by atoms with E-state index in [-0.39, 0.29) is 18.7 Å². The Balaban J connectivity index is 1.68. The van der Waals surface area contributed by atoms with Crippen molar-refractivity contribution < 1.29 is 14.6 Å². The Hall–Kier alpha value is -1.59. The first-order chi connectivity index (χ1) is 10.2. The van der Waals surface area contributed by atoms with Gasteiger partial charge >= 0.3 is 6.03 Å². The van der Waals surface area contributed by atoms with Crippen LogP contribution in [0.1, 0.15) is 24.0 Å². The van der Waals surface area contributed by atoms with E-state index >= 15 is 0 Å². The van der Waals surface area contributed by atoms with E-state index in [9.17, 15) is 4.79 Å². The number of nitrogens with one attached hydrogen (secondary N) is 2. The average molecular weight is 292 g/mol. The fourth-order valence-corrected chi connectivity index (χ4v) is 2.32. The molecule has 21 heavy (non-hydrogen) atoms. The second-order valence-corrected chi connectivity index (χ2v) is 5.52. The number of benzene rings is 1. The van der Waals surface area contributed by atoms with Gasteiger partial charge in [0.25, 0.3) is 0 Å². The summed E-state index contributed by atoms with van der Waals surface area (Å²) in [5, 5.41) is 14.8. The van der Waals surface area contributed by atoms with E-state index in [2.05, 4.69) is 10.6 Å². The minimum absolute atomic E-state index is 0.0585. The van der Waals surface area contributed by atoms with Crippen molar-refractivity contribution in [2.45, 2.75) is 31.9 Å². The van der Waals surface area contributed by atoms with Crippen LogP contribution in [-0.2, 0) is 17.8 Å². The van der Waals surface area contributed by atoms with Crippen molar-refractivity contribution in [2.75, 3.05) is 20.3 Å². The van der Waals surface area contributed by atoms with Crippen molar-refractivity contribution in [3.63, 3.8) is 0 Å². The van der Waals surface area contributed by atoms with Crippen LogP contribution in [0.4, 0.5) is 4.79 Å². The van der Waals surface area contributed by atoms with Crippen molar-refractivity contribution in [3.8, 4) is 0 Å². The molecule has 1 aliphatic carbocycles. The predicted molar refractivity (Wildman–Crippen MR) is 81.0 cm³/mol. The summed E-state index contributed by atoms with van der Waals surface area (Å²) in [5.74, 6) is 0.571. The predicted octanol–water partition coefficient (Wildman–Crippen LogP) is 1.45. The zero-order chi connectivity index (χ0) is 15.1. The third-order valence-electron chi connectivity index (χ3n) is 3.76. The van der Waals surface area contributed by atoms with Crippen molar-refractivity contribution in [1.29, 1.82) is 0 Å². The Bertz CT molecular complexity index is 443. The summed E-state index contributed by atoms with van der Waals surface area (Å²) in [7, 11) is 1.66. The van der Waals surface area contributed by atoms with Gasteiger partial charge in [-0.15, -0.1) is 0 Å². The summed E-state index contributed by atoms with van der Waals surface area (Å²) < 4.78 is 5.14. The molecule has 0 aliphatic heterocycles. The summed E-state index contributed by atoms with van der Waals surface area (Å²) in [6.07, 6.45) is 3.12. The highest BCUT2D eigenvalue weighted by Crippen LogP contribution is 2.32. The maximum atomic E-state index is 11.8. The standard InChI is InChI=1S/C16H24N2O3/c1-21-11-15(14-6-7-14)18-16(20)17-9-8-12-2-4-13(10-19)5-3-12/h2-5,14-15,19H,6-11H2,1H3,(H2,17,18,20). The molecule has 1 aromatic carbocycles. The Morgan fingerprint density at radius 2 is 2.00 bits per heavy atom. The third-order valence-corrected chi connectivity index (χ3v) is 3.76. The lowest BCUT2D eigenvalue weighted by atomic mass is 10.1. The molecule has 1 aromatic rings. The smallest absolute Gasteiger partial charge is 0.315 e. The number of urea groups is 1. The number of hydrogen-bond donors (Lipinski definition) is 3. The Morgan fingerprint density at radius 1 is 1.33 bits per heavy atom. The molecule has 5 nitrogen and oxygen atoms in total. The number of methoxy groups -OCH3 is 1. The van der Waals surface area contributed by atoms with Crippen molar-refractivity contribution >= 4 is 6.03 Å². The van der Waals surface area contributed by atoms with Crippen LogP contribution < -0.4 is 10.6 Å². The number of carbonyl (C=O) groups is 1. The highest BCUT2D eigenvalue weighted by atomic mass is 16.5. The summed E-state index contributed by atoms with van der Waals surface area (Å²) >= 11 is 0. The van der Waals surface area contributed by atoms with Gasteiger partial charge in [-0.2, -0.15) is 0 Å². The van der Waals surface area contributed by atoms with Gasteiger partial charge in [-0.1, -0.05) is 24.3 Å². The van der Waals surface area contributed by atoms with Crippen molar-refractivity contribution in [1.82, 2.24) is 10.6 Å². The molecule has 0 aromatic heterocycles. The molecule has 116 valence electrons. The molecule has 1 atom stereocenters. The first kappa shape index (κ1) is 15.8. The van der Waals surface area contributed by atoms with Gasteiger partial charge in [0.05, 0.1) is 19.3 Å². The zero-order valence-corrected chi connectivity index (χ0v) is 12.5. The SMILES string of the molecule is COCC(NC(=O)NCCc1ccc(CO)cc1)C1CC1. The van der Waals surface area contributed by atoms with Crippen LogP contribution in [0.15, 0.2) is 24.3 Å². The minimum Gasteiger partial charge on any atom is -0.392 e. The van der Waals surface area contributed by atoms with Gasteiger partial charge in [-0.05, 0) is 36.3 Å². The molecule has 1 aliphatic rings. The van der Waals surface area contributed by atoms with Crippen LogP contribution >= 0.6 is 0 Å². The van der Waals surface area contributed by atoms with Gasteiger partial charge in [0.1, 0.15) is 0 Å². The molecule has 3 N–H and O–H groups in total. The fraction of sp³-hybridized carbons (Fsp3) is 0.562. The Kier molecular flexibility index (Phi) is 6.02. The number of carbonyl (C=O) groups excluding carboxylic acids is 1. The molecule has 0 heterocycles. The van der Waals surface area contributed by atoms with Gasteiger partial charge in [-0.3, -0.25) is 0 Å². The summed E-state index contributed by atoms with van der Waals surface area (Å²) in [4.78, 5) is 11.8. The van der Waals surface area contributed by atoms with E-state index in [0.717, 1.165) is 17.5 Å². The molecule has 5 heteroatoms. The van der Waals surface area contributed by atoms with Crippen LogP contribution in [0.25, 0.3) is 0 Å². The van der Waals surface area contributed by atoms with Crippen LogP contribution in [0, 0.1) is 5.92 Å². The molecular weight excluding hydrogens is 268 g/mol. The summed E-state index contributed by atoms with van der Waals surface area (Å²) in [6, 6.07) is 7.75. The van der Waals surface area contributed by atoms with E-state index in [1.54, 1.807) is 7.11 Å². The van der Waals surface area contributed by atoms with Crippen LogP contribution in [-0.4, -0.2) is 37.4 Å². The summed E-state index contributed by atoms with van der Waals surface area (Å²) in [6.45, 7) is 1.22. The number of amides is 2. The number of aliphatic hydroxyl groups excluding tert-OH is 1. The van der Waals surface area contributed by atoms with Gasteiger partial charge in [0, 0.05) is 13.7 Å². The van der Waals surface area contributed by atoms with Gasteiger partial charge < -0.3 is 20.5 Å². The molecule has 0 bridgehead atoms. The quantitative estimate of drug-likeness (QED) is 0.679. The first-order valence-electron chi connectivity index (χ1n) is 7.45. The molecule has 2 amide bonds. The lowest BCUT2D eigenvalue weighted by Gasteiger charge is -2.17. The van der Waals surface area contributed by atoms with E-state index in [1.165, 1.54) is 12.8 Å². The number of rotatable bonds is 8. The monoisotopic (exact) mass is 292 g/mol. The second kappa shape index (κ2) is 8.00.